The van der Waals surface area contributed by atoms with E-state index in [1.165, 1.54) is 27.6 Å². The van der Waals surface area contributed by atoms with E-state index in [4.69, 9.17) is 11.6 Å². The molecule has 0 aliphatic carbocycles. The highest BCUT2D eigenvalue weighted by Gasteiger charge is 2.48. The van der Waals surface area contributed by atoms with Gasteiger partial charge in [-0.3, -0.25) is 14.5 Å². The maximum absolute atomic E-state index is 12.7. The van der Waals surface area contributed by atoms with Crippen molar-refractivity contribution in [1.29, 1.82) is 0 Å². The van der Waals surface area contributed by atoms with Crippen LogP contribution in [0.5, 0.6) is 0 Å². The van der Waals surface area contributed by atoms with Crippen molar-refractivity contribution in [1.82, 2.24) is 4.98 Å². The number of aliphatic hydroxyl groups is 1. The Labute approximate surface area is 161 Å². The number of benzene rings is 1. The molecule has 2 aromatic heterocycles. The Balaban J connectivity index is 1.92. The van der Waals surface area contributed by atoms with E-state index in [0.29, 0.717) is 15.7 Å². The molecule has 0 spiro atoms. The van der Waals surface area contributed by atoms with Crippen LogP contribution in [0.3, 0.4) is 0 Å². The van der Waals surface area contributed by atoms with Crippen LogP contribution < -0.4 is 4.90 Å². The second-order valence-corrected chi connectivity index (χ2v) is 7.79. The van der Waals surface area contributed by atoms with Gasteiger partial charge in [-0.25, -0.2) is 4.98 Å². The van der Waals surface area contributed by atoms with Crippen molar-refractivity contribution in [3.05, 3.63) is 74.4 Å². The number of carbonyl (C=O) groups is 2. The molecule has 130 valence electrons. The first-order valence-electron chi connectivity index (χ1n) is 7.58. The summed E-state index contributed by atoms with van der Waals surface area (Å²) in [6, 6.07) is 9.42. The van der Waals surface area contributed by atoms with Crippen LogP contribution in [-0.2, 0) is 9.59 Å². The van der Waals surface area contributed by atoms with Gasteiger partial charge in [0.25, 0.3) is 5.78 Å². The molecule has 1 aromatic carbocycles. The van der Waals surface area contributed by atoms with Crippen LogP contribution in [0.2, 0.25) is 5.02 Å². The first-order valence-corrected chi connectivity index (χ1v) is 9.71. The number of carbonyl (C=O) groups excluding carboxylic acids is 2. The van der Waals surface area contributed by atoms with Gasteiger partial charge in [-0.2, -0.15) is 0 Å². The first kappa shape index (κ1) is 17.0. The molecule has 0 radical (unpaired) electrons. The van der Waals surface area contributed by atoms with E-state index in [1.54, 1.807) is 35.8 Å². The van der Waals surface area contributed by atoms with E-state index in [9.17, 15) is 14.7 Å². The molecular weight excluding hydrogens is 392 g/mol. The van der Waals surface area contributed by atoms with Gasteiger partial charge in [0.05, 0.1) is 5.57 Å². The van der Waals surface area contributed by atoms with E-state index >= 15 is 0 Å². The SMILES string of the molecule is O=C1C(=O)N(c2nccs2)C(c2cccs2)C1=C(O)c1ccc(Cl)cc1. The summed E-state index contributed by atoms with van der Waals surface area (Å²) in [5, 5.41) is 15.3. The summed E-state index contributed by atoms with van der Waals surface area (Å²) in [5.41, 5.74) is 0.475. The molecule has 8 heteroatoms. The monoisotopic (exact) mass is 402 g/mol. The minimum absolute atomic E-state index is 0.0509. The molecule has 1 N–H and O–H groups in total. The van der Waals surface area contributed by atoms with Crippen molar-refractivity contribution in [2.24, 2.45) is 0 Å². The normalized spacial score (nSPS) is 19.3. The van der Waals surface area contributed by atoms with Crippen molar-refractivity contribution in [2.45, 2.75) is 6.04 Å². The summed E-state index contributed by atoms with van der Waals surface area (Å²) in [6.07, 6.45) is 1.57. The number of anilines is 1. The Morgan fingerprint density at radius 2 is 1.88 bits per heavy atom. The first-order chi connectivity index (χ1) is 12.6. The molecule has 1 fully saturated rings. The minimum Gasteiger partial charge on any atom is -0.507 e. The highest BCUT2D eigenvalue weighted by atomic mass is 35.5. The third kappa shape index (κ3) is 2.74. The van der Waals surface area contributed by atoms with E-state index in [2.05, 4.69) is 4.98 Å². The van der Waals surface area contributed by atoms with Crippen molar-refractivity contribution < 1.29 is 14.7 Å². The molecule has 1 unspecified atom stereocenters. The van der Waals surface area contributed by atoms with Gasteiger partial charge in [0, 0.05) is 27.0 Å². The number of aromatic nitrogens is 1. The number of thiophene rings is 1. The Kier molecular flexibility index (Phi) is 4.36. The van der Waals surface area contributed by atoms with Gasteiger partial charge < -0.3 is 5.11 Å². The predicted octanol–water partition coefficient (Wildman–Crippen LogP) is 4.48. The van der Waals surface area contributed by atoms with Gasteiger partial charge in [0.1, 0.15) is 11.8 Å². The van der Waals surface area contributed by atoms with E-state index < -0.39 is 17.7 Å². The van der Waals surface area contributed by atoms with Crippen molar-refractivity contribution in [3.63, 3.8) is 0 Å². The fourth-order valence-corrected chi connectivity index (χ4v) is 4.46. The van der Waals surface area contributed by atoms with Crippen molar-refractivity contribution in [3.8, 4) is 0 Å². The smallest absolute Gasteiger partial charge is 0.301 e. The van der Waals surface area contributed by atoms with Gasteiger partial charge in [0.15, 0.2) is 5.13 Å². The van der Waals surface area contributed by atoms with E-state index in [0.717, 1.165) is 4.88 Å². The zero-order valence-corrected chi connectivity index (χ0v) is 15.5. The van der Waals surface area contributed by atoms with E-state index in [-0.39, 0.29) is 11.3 Å². The lowest BCUT2D eigenvalue weighted by atomic mass is 10.00. The number of Topliss-reactive ketones (excluding diaryl/α,β-unsaturated/α-hetero) is 1. The zero-order chi connectivity index (χ0) is 18.3. The minimum atomic E-state index is -0.731. The molecule has 5 nitrogen and oxygen atoms in total. The molecule has 3 aromatic rings. The Bertz CT molecular complexity index is 996. The maximum Gasteiger partial charge on any atom is 0.301 e. The summed E-state index contributed by atoms with van der Waals surface area (Å²) in [7, 11) is 0. The molecule has 1 atom stereocenters. The van der Waals surface area contributed by atoms with Crippen LogP contribution in [-0.4, -0.2) is 21.8 Å². The number of thiazole rings is 1. The number of rotatable bonds is 3. The largest absolute Gasteiger partial charge is 0.507 e. The third-order valence-corrected chi connectivity index (χ3v) is 5.95. The number of halogens is 1. The summed E-state index contributed by atoms with van der Waals surface area (Å²) < 4.78 is 0. The Morgan fingerprint density at radius 3 is 2.50 bits per heavy atom. The Hall–Kier alpha value is -2.48. The van der Waals surface area contributed by atoms with Crippen LogP contribution in [0.15, 0.2) is 58.9 Å². The number of amides is 1. The standard InChI is InChI=1S/C18H11ClN2O3S2/c19-11-5-3-10(4-6-11)15(22)13-14(12-2-1-8-25-12)21(17(24)16(13)23)18-20-7-9-26-18/h1-9,14,22H. The summed E-state index contributed by atoms with van der Waals surface area (Å²) in [4.78, 5) is 31.7. The third-order valence-electron chi connectivity index (χ3n) is 4.00. The quantitative estimate of drug-likeness (QED) is 0.398. The fourth-order valence-electron chi connectivity index (χ4n) is 2.84. The summed E-state index contributed by atoms with van der Waals surface area (Å²) in [6.45, 7) is 0. The second-order valence-electron chi connectivity index (χ2n) is 5.51. The number of nitrogens with zero attached hydrogens (tertiary/aromatic N) is 2. The molecule has 1 aliphatic heterocycles. The van der Waals surface area contributed by atoms with Gasteiger partial charge in [-0.1, -0.05) is 17.7 Å². The summed E-state index contributed by atoms with van der Waals surface area (Å²) in [5.74, 6) is -1.66. The number of hydrogen-bond donors (Lipinski definition) is 1. The molecule has 26 heavy (non-hydrogen) atoms. The van der Waals surface area contributed by atoms with Gasteiger partial charge in [-0.05, 0) is 35.7 Å². The molecule has 1 amide bonds. The Morgan fingerprint density at radius 1 is 1.12 bits per heavy atom. The molecule has 0 saturated carbocycles. The van der Waals surface area contributed by atoms with Crippen LogP contribution in [0.4, 0.5) is 5.13 Å². The van der Waals surface area contributed by atoms with Crippen LogP contribution >= 0.6 is 34.3 Å². The van der Waals surface area contributed by atoms with E-state index in [1.807, 2.05) is 17.5 Å². The number of ketones is 1. The highest BCUT2D eigenvalue weighted by molar-refractivity contribution is 7.14. The molecule has 1 saturated heterocycles. The average molecular weight is 403 g/mol. The average Bonchev–Trinajstić information content (AvgIpc) is 3.37. The maximum atomic E-state index is 12.7. The van der Waals surface area contributed by atoms with Crippen LogP contribution in [0.1, 0.15) is 16.5 Å². The van der Waals surface area contributed by atoms with Crippen LogP contribution in [0, 0.1) is 0 Å². The predicted molar refractivity (Wildman–Crippen MR) is 103 cm³/mol. The lowest BCUT2D eigenvalue weighted by Crippen LogP contribution is -2.28. The second kappa shape index (κ2) is 6.68. The highest BCUT2D eigenvalue weighted by Crippen LogP contribution is 2.43. The van der Waals surface area contributed by atoms with Crippen LogP contribution in [0.25, 0.3) is 5.76 Å². The molecule has 0 bridgehead atoms. The van der Waals surface area contributed by atoms with Gasteiger partial charge in [0.2, 0.25) is 0 Å². The van der Waals surface area contributed by atoms with Crippen molar-refractivity contribution >= 4 is 56.9 Å². The molecule has 4 rings (SSSR count). The molecule has 3 heterocycles. The topological polar surface area (TPSA) is 70.5 Å². The van der Waals surface area contributed by atoms with Gasteiger partial charge >= 0.3 is 5.91 Å². The number of hydrogen-bond acceptors (Lipinski definition) is 6. The zero-order valence-electron chi connectivity index (χ0n) is 13.1. The lowest BCUT2D eigenvalue weighted by molar-refractivity contribution is -0.132. The molecular formula is C18H11ClN2O3S2. The fraction of sp³-hybridized carbons (Fsp3) is 0.0556. The van der Waals surface area contributed by atoms with Crippen molar-refractivity contribution in [2.75, 3.05) is 4.90 Å². The van der Waals surface area contributed by atoms with Gasteiger partial charge in [-0.15, -0.1) is 22.7 Å². The summed E-state index contributed by atoms with van der Waals surface area (Å²) >= 11 is 8.57. The lowest BCUT2D eigenvalue weighted by Gasteiger charge is -2.21. The molecule has 1 aliphatic rings. The number of aliphatic hydroxyl groups excluding tert-OH is 1.